The summed E-state index contributed by atoms with van der Waals surface area (Å²) in [6, 6.07) is 27.2. The summed E-state index contributed by atoms with van der Waals surface area (Å²) in [4.78, 5) is 18.2. The summed E-state index contributed by atoms with van der Waals surface area (Å²) in [5, 5.41) is 2.31. The van der Waals surface area contributed by atoms with Crippen LogP contribution in [-0.2, 0) is 6.54 Å². The van der Waals surface area contributed by atoms with Gasteiger partial charge in [0.25, 0.3) is 0 Å². The third kappa shape index (κ3) is 4.47. The molecule has 3 aromatic carbocycles. The lowest BCUT2D eigenvalue weighted by molar-refractivity contribution is 0.0904. The van der Waals surface area contributed by atoms with Crippen LogP contribution in [0.3, 0.4) is 0 Å². The number of unbranched alkanes of at least 4 members (excludes halogenated alkanes) is 1. The van der Waals surface area contributed by atoms with Gasteiger partial charge in [-0.15, -0.1) is 0 Å². The lowest BCUT2D eigenvalue weighted by Crippen LogP contribution is -2.46. The number of para-hydroxylation sites is 2. The summed E-state index contributed by atoms with van der Waals surface area (Å²) in [6.07, 6.45) is 2.60. The molecule has 0 radical (unpaired) electrons. The minimum Gasteiger partial charge on any atom is -0.301 e. The van der Waals surface area contributed by atoms with Gasteiger partial charge in [0.15, 0.2) is 0 Å². The van der Waals surface area contributed by atoms with Gasteiger partial charge in [-0.3, -0.25) is 14.3 Å². The Labute approximate surface area is 190 Å². The Morgan fingerprint density at radius 1 is 0.656 bits per heavy atom. The van der Waals surface area contributed by atoms with Crippen LogP contribution in [0.25, 0.3) is 21.8 Å². The van der Waals surface area contributed by atoms with Gasteiger partial charge in [-0.2, -0.15) is 0 Å². The number of piperazine rings is 1. The molecule has 0 N–H and O–H groups in total. The molecule has 5 rings (SSSR count). The first kappa shape index (κ1) is 20.9. The van der Waals surface area contributed by atoms with E-state index in [0.717, 1.165) is 73.9 Å². The van der Waals surface area contributed by atoms with Crippen molar-refractivity contribution in [3.05, 3.63) is 84.4 Å². The summed E-state index contributed by atoms with van der Waals surface area (Å²) >= 11 is 0. The Bertz CT molecular complexity index is 1140. The number of carbonyl (C=O) groups excluding carboxylic acids is 1. The van der Waals surface area contributed by atoms with Gasteiger partial charge in [-0.1, -0.05) is 66.7 Å². The minimum atomic E-state index is 0.204. The fourth-order valence-corrected chi connectivity index (χ4v) is 4.93. The van der Waals surface area contributed by atoms with Gasteiger partial charge in [-0.05, 0) is 37.1 Å². The van der Waals surface area contributed by atoms with E-state index in [2.05, 4.69) is 64.4 Å². The number of hydrogen-bond donors (Lipinski definition) is 0. The van der Waals surface area contributed by atoms with Crippen LogP contribution >= 0.6 is 0 Å². The normalized spacial score (nSPS) is 15.5. The van der Waals surface area contributed by atoms with E-state index in [4.69, 9.17) is 0 Å². The van der Waals surface area contributed by atoms with E-state index in [1.54, 1.807) is 0 Å². The maximum absolute atomic E-state index is 13.1. The predicted octanol–water partition coefficient (Wildman–Crippen LogP) is 5.42. The molecule has 4 heteroatoms. The second-order valence-corrected chi connectivity index (χ2v) is 8.82. The molecular weight excluding hydrogens is 394 g/mol. The summed E-state index contributed by atoms with van der Waals surface area (Å²) < 4.78 is 1.92. The van der Waals surface area contributed by atoms with E-state index in [1.165, 1.54) is 5.56 Å². The number of fused-ring (bicyclic) bond motifs is 3. The zero-order valence-electron chi connectivity index (χ0n) is 18.6. The van der Waals surface area contributed by atoms with Gasteiger partial charge in [0.2, 0.25) is 5.91 Å². The van der Waals surface area contributed by atoms with Crippen LogP contribution < -0.4 is 0 Å². The highest BCUT2D eigenvalue weighted by atomic mass is 16.2. The van der Waals surface area contributed by atoms with E-state index < -0.39 is 0 Å². The molecule has 0 amide bonds. The highest BCUT2D eigenvalue weighted by Crippen LogP contribution is 2.29. The molecule has 1 aliphatic rings. The Kier molecular flexibility index (Phi) is 6.33. The fourth-order valence-electron chi connectivity index (χ4n) is 4.93. The first-order valence-corrected chi connectivity index (χ1v) is 11.8. The van der Waals surface area contributed by atoms with E-state index >= 15 is 0 Å². The maximum atomic E-state index is 13.1. The Hall–Kier alpha value is -2.95. The molecule has 32 heavy (non-hydrogen) atoms. The third-order valence-corrected chi connectivity index (χ3v) is 6.66. The third-order valence-electron chi connectivity index (χ3n) is 6.66. The van der Waals surface area contributed by atoms with Crippen LogP contribution in [0.1, 0.15) is 29.6 Å². The number of aromatic nitrogens is 1. The van der Waals surface area contributed by atoms with E-state index in [-0.39, 0.29) is 5.91 Å². The van der Waals surface area contributed by atoms with E-state index in [1.807, 2.05) is 28.8 Å². The van der Waals surface area contributed by atoms with Crippen molar-refractivity contribution in [3.8, 4) is 0 Å². The van der Waals surface area contributed by atoms with Crippen LogP contribution in [-0.4, -0.2) is 53.0 Å². The van der Waals surface area contributed by atoms with Crippen molar-refractivity contribution >= 4 is 27.7 Å². The number of hydrogen-bond acceptors (Lipinski definition) is 3. The quantitative estimate of drug-likeness (QED) is 0.370. The molecule has 0 bridgehead atoms. The standard InChI is InChI=1S/C28H31N3O/c32-28(31-26-14-6-4-12-24(26)25-13-5-7-15-27(25)31)16-8-9-17-29-18-20-30(21-19-29)22-23-10-2-1-3-11-23/h1-7,10-15H,8-9,16-22H2. The van der Waals surface area contributed by atoms with Crippen LogP contribution in [0.4, 0.5) is 0 Å². The molecule has 1 fully saturated rings. The zero-order valence-corrected chi connectivity index (χ0v) is 18.6. The van der Waals surface area contributed by atoms with Gasteiger partial charge in [0.1, 0.15) is 0 Å². The van der Waals surface area contributed by atoms with Crippen LogP contribution in [0.15, 0.2) is 78.9 Å². The second-order valence-electron chi connectivity index (χ2n) is 8.82. The average molecular weight is 426 g/mol. The molecule has 1 aliphatic heterocycles. The summed E-state index contributed by atoms with van der Waals surface area (Å²) in [7, 11) is 0. The number of benzene rings is 3. The first-order valence-electron chi connectivity index (χ1n) is 11.8. The molecule has 0 atom stereocenters. The van der Waals surface area contributed by atoms with Crippen molar-refractivity contribution in [2.24, 2.45) is 0 Å². The molecule has 0 spiro atoms. The molecular formula is C28H31N3O. The van der Waals surface area contributed by atoms with Gasteiger partial charge in [0.05, 0.1) is 11.0 Å². The SMILES string of the molecule is O=C(CCCCN1CCN(Cc2ccccc2)CC1)n1c2ccccc2c2ccccc21. The molecule has 4 aromatic rings. The van der Waals surface area contributed by atoms with E-state index in [9.17, 15) is 4.79 Å². The second kappa shape index (κ2) is 9.68. The topological polar surface area (TPSA) is 28.5 Å². The largest absolute Gasteiger partial charge is 0.301 e. The van der Waals surface area contributed by atoms with Crippen molar-refractivity contribution in [2.75, 3.05) is 32.7 Å². The van der Waals surface area contributed by atoms with Crippen molar-refractivity contribution in [3.63, 3.8) is 0 Å². The average Bonchev–Trinajstić information content (AvgIpc) is 3.18. The fraction of sp³-hybridized carbons (Fsp3) is 0.321. The molecule has 2 heterocycles. The van der Waals surface area contributed by atoms with Crippen LogP contribution in [0.5, 0.6) is 0 Å². The predicted molar refractivity (Wildman–Crippen MR) is 132 cm³/mol. The number of rotatable bonds is 7. The van der Waals surface area contributed by atoms with Gasteiger partial charge >= 0.3 is 0 Å². The Morgan fingerprint density at radius 3 is 1.88 bits per heavy atom. The van der Waals surface area contributed by atoms with Crippen molar-refractivity contribution in [1.82, 2.24) is 14.4 Å². The van der Waals surface area contributed by atoms with Gasteiger partial charge in [0, 0.05) is 49.9 Å². The highest BCUT2D eigenvalue weighted by Gasteiger charge is 2.18. The number of nitrogens with zero attached hydrogens (tertiary/aromatic N) is 3. The Balaban J connectivity index is 1.12. The molecule has 164 valence electrons. The molecule has 0 aliphatic carbocycles. The lowest BCUT2D eigenvalue weighted by Gasteiger charge is -2.34. The summed E-state index contributed by atoms with van der Waals surface area (Å²) in [6.45, 7) is 6.60. The zero-order chi connectivity index (χ0) is 21.8. The Morgan fingerprint density at radius 2 is 1.22 bits per heavy atom. The first-order chi connectivity index (χ1) is 15.8. The highest BCUT2D eigenvalue weighted by molar-refractivity contribution is 6.13. The van der Waals surface area contributed by atoms with Crippen LogP contribution in [0.2, 0.25) is 0 Å². The molecule has 1 aromatic heterocycles. The van der Waals surface area contributed by atoms with E-state index in [0.29, 0.717) is 6.42 Å². The molecule has 4 nitrogen and oxygen atoms in total. The summed E-state index contributed by atoms with van der Waals surface area (Å²) in [5.41, 5.74) is 3.44. The van der Waals surface area contributed by atoms with Gasteiger partial charge < -0.3 is 4.90 Å². The molecule has 1 saturated heterocycles. The van der Waals surface area contributed by atoms with Crippen LogP contribution in [0, 0.1) is 0 Å². The van der Waals surface area contributed by atoms with Crippen molar-refractivity contribution in [2.45, 2.75) is 25.8 Å². The monoisotopic (exact) mass is 425 g/mol. The summed E-state index contributed by atoms with van der Waals surface area (Å²) in [5.74, 6) is 0.204. The van der Waals surface area contributed by atoms with Gasteiger partial charge in [-0.25, -0.2) is 0 Å². The smallest absolute Gasteiger partial charge is 0.231 e. The minimum absolute atomic E-state index is 0.204. The molecule has 0 unspecified atom stereocenters. The van der Waals surface area contributed by atoms with Crippen molar-refractivity contribution in [1.29, 1.82) is 0 Å². The lowest BCUT2D eigenvalue weighted by atomic mass is 10.2. The van der Waals surface area contributed by atoms with Crippen molar-refractivity contribution < 1.29 is 4.79 Å². The number of carbonyl (C=O) groups is 1. The molecule has 0 saturated carbocycles. The maximum Gasteiger partial charge on any atom is 0.231 e.